The minimum Gasteiger partial charge on any atom is -0.496 e. The summed E-state index contributed by atoms with van der Waals surface area (Å²) in [6.45, 7) is 0.622. The molecule has 0 bridgehead atoms. The fourth-order valence-corrected chi connectivity index (χ4v) is 2.04. The predicted octanol–water partition coefficient (Wildman–Crippen LogP) is 2.83. The molecule has 0 saturated heterocycles. The average molecular weight is 297 g/mol. The molecule has 5 heteroatoms. The minimum absolute atomic E-state index is 0.622. The Morgan fingerprint density at radius 3 is 2.94 bits per heavy atom. The lowest BCUT2D eigenvalue weighted by atomic mass is 10.2. The molecule has 1 aromatic carbocycles. The molecule has 0 amide bonds. The maximum atomic E-state index is 5.60. The number of oxazole rings is 1. The quantitative estimate of drug-likeness (QED) is 0.942. The van der Waals surface area contributed by atoms with Gasteiger partial charge in [0.15, 0.2) is 5.76 Å². The highest BCUT2D eigenvalue weighted by Crippen LogP contribution is 2.30. The molecular formula is C12H13BrN2O2. The molecule has 0 atom stereocenters. The van der Waals surface area contributed by atoms with Crippen LogP contribution in [-0.2, 0) is 6.54 Å². The molecule has 4 nitrogen and oxygen atoms in total. The zero-order chi connectivity index (χ0) is 12.3. The first-order chi connectivity index (χ1) is 8.24. The van der Waals surface area contributed by atoms with Crippen LogP contribution in [0.25, 0.3) is 11.3 Å². The van der Waals surface area contributed by atoms with E-state index in [-0.39, 0.29) is 0 Å². The van der Waals surface area contributed by atoms with Gasteiger partial charge in [0.2, 0.25) is 5.89 Å². The van der Waals surface area contributed by atoms with Crippen LogP contribution < -0.4 is 10.1 Å². The van der Waals surface area contributed by atoms with Gasteiger partial charge in [0.1, 0.15) is 5.75 Å². The smallest absolute Gasteiger partial charge is 0.208 e. The third-order valence-electron chi connectivity index (χ3n) is 2.32. The number of hydrogen-bond acceptors (Lipinski definition) is 4. The second kappa shape index (κ2) is 5.33. The maximum absolute atomic E-state index is 5.60. The van der Waals surface area contributed by atoms with E-state index < -0.39 is 0 Å². The Balaban J connectivity index is 2.29. The molecule has 0 unspecified atom stereocenters. The van der Waals surface area contributed by atoms with Crippen LogP contribution in [0.3, 0.4) is 0 Å². The van der Waals surface area contributed by atoms with Crippen molar-refractivity contribution in [3.63, 3.8) is 0 Å². The summed E-state index contributed by atoms with van der Waals surface area (Å²) in [5.74, 6) is 2.22. The van der Waals surface area contributed by atoms with Crippen molar-refractivity contribution in [1.29, 1.82) is 0 Å². The summed E-state index contributed by atoms with van der Waals surface area (Å²) in [6.07, 6.45) is 1.72. The fraction of sp³-hybridized carbons (Fsp3) is 0.250. The maximum Gasteiger partial charge on any atom is 0.208 e. The van der Waals surface area contributed by atoms with E-state index in [2.05, 4.69) is 26.2 Å². The number of halogens is 1. The zero-order valence-electron chi connectivity index (χ0n) is 9.66. The first kappa shape index (κ1) is 12.1. The van der Waals surface area contributed by atoms with E-state index in [1.807, 2.05) is 25.2 Å². The molecule has 2 rings (SSSR count). The SMILES string of the molecule is CNCc1ncc(-c2ccc(OC)c(Br)c2)o1. The Bertz CT molecular complexity index is 511. The van der Waals surface area contributed by atoms with Gasteiger partial charge in [-0.3, -0.25) is 0 Å². The molecule has 2 aromatic rings. The summed E-state index contributed by atoms with van der Waals surface area (Å²) in [4.78, 5) is 4.18. The molecule has 0 aliphatic carbocycles. The van der Waals surface area contributed by atoms with E-state index in [1.54, 1.807) is 13.3 Å². The van der Waals surface area contributed by atoms with Crippen LogP contribution in [0, 0.1) is 0 Å². The topological polar surface area (TPSA) is 47.3 Å². The third kappa shape index (κ3) is 2.68. The number of benzene rings is 1. The molecule has 0 aliphatic heterocycles. The van der Waals surface area contributed by atoms with Gasteiger partial charge in [-0.15, -0.1) is 0 Å². The van der Waals surface area contributed by atoms with Crippen LogP contribution in [0.15, 0.2) is 33.3 Å². The normalized spacial score (nSPS) is 10.5. The van der Waals surface area contributed by atoms with Crippen molar-refractivity contribution in [1.82, 2.24) is 10.3 Å². The van der Waals surface area contributed by atoms with Gasteiger partial charge in [-0.05, 0) is 41.2 Å². The molecule has 17 heavy (non-hydrogen) atoms. The summed E-state index contributed by atoms with van der Waals surface area (Å²) < 4.78 is 11.7. The number of aromatic nitrogens is 1. The molecule has 0 spiro atoms. The van der Waals surface area contributed by atoms with Crippen molar-refractivity contribution in [2.45, 2.75) is 6.54 Å². The number of ether oxygens (including phenoxy) is 1. The van der Waals surface area contributed by atoms with Crippen molar-refractivity contribution < 1.29 is 9.15 Å². The fourth-order valence-electron chi connectivity index (χ4n) is 1.50. The van der Waals surface area contributed by atoms with E-state index in [4.69, 9.17) is 9.15 Å². The molecule has 0 radical (unpaired) electrons. The molecule has 0 saturated carbocycles. The van der Waals surface area contributed by atoms with Crippen LogP contribution in [0.2, 0.25) is 0 Å². The van der Waals surface area contributed by atoms with Crippen LogP contribution in [0.5, 0.6) is 5.75 Å². The Morgan fingerprint density at radius 1 is 1.47 bits per heavy atom. The Kier molecular flexibility index (Phi) is 3.81. The van der Waals surface area contributed by atoms with Crippen molar-refractivity contribution in [2.24, 2.45) is 0 Å². The summed E-state index contributed by atoms with van der Waals surface area (Å²) in [5, 5.41) is 2.99. The zero-order valence-corrected chi connectivity index (χ0v) is 11.2. The lowest BCUT2D eigenvalue weighted by Gasteiger charge is -2.04. The summed E-state index contributed by atoms with van der Waals surface area (Å²) in [6, 6.07) is 5.77. The molecule has 0 fully saturated rings. The highest BCUT2D eigenvalue weighted by molar-refractivity contribution is 9.10. The summed E-state index contributed by atoms with van der Waals surface area (Å²) in [7, 11) is 3.49. The van der Waals surface area contributed by atoms with E-state index in [9.17, 15) is 0 Å². The monoisotopic (exact) mass is 296 g/mol. The van der Waals surface area contributed by atoms with Gasteiger partial charge in [-0.25, -0.2) is 4.98 Å². The predicted molar refractivity (Wildman–Crippen MR) is 69.0 cm³/mol. The molecule has 0 aliphatic rings. The second-order valence-corrected chi connectivity index (χ2v) is 4.35. The van der Waals surface area contributed by atoms with E-state index in [0.717, 1.165) is 21.5 Å². The number of rotatable bonds is 4. The molecule has 1 N–H and O–H groups in total. The van der Waals surface area contributed by atoms with E-state index in [1.165, 1.54) is 0 Å². The number of nitrogens with one attached hydrogen (secondary N) is 1. The number of nitrogens with zero attached hydrogens (tertiary/aromatic N) is 1. The largest absolute Gasteiger partial charge is 0.496 e. The number of methoxy groups -OCH3 is 1. The van der Waals surface area contributed by atoms with Crippen molar-refractivity contribution in [2.75, 3.05) is 14.2 Å². The molecule has 1 heterocycles. The molecule has 1 aromatic heterocycles. The summed E-state index contributed by atoms with van der Waals surface area (Å²) >= 11 is 3.44. The van der Waals surface area contributed by atoms with Crippen molar-refractivity contribution in [3.05, 3.63) is 34.8 Å². The van der Waals surface area contributed by atoms with Gasteiger partial charge in [0.05, 0.1) is 24.3 Å². The Labute approximate surface area is 108 Å². The van der Waals surface area contributed by atoms with Gasteiger partial charge in [0.25, 0.3) is 0 Å². The van der Waals surface area contributed by atoms with Crippen LogP contribution in [0.1, 0.15) is 5.89 Å². The Morgan fingerprint density at radius 2 is 2.29 bits per heavy atom. The average Bonchev–Trinajstić information content (AvgIpc) is 2.78. The first-order valence-corrected chi connectivity index (χ1v) is 5.97. The van der Waals surface area contributed by atoms with Gasteiger partial charge in [0, 0.05) is 5.56 Å². The third-order valence-corrected chi connectivity index (χ3v) is 2.94. The van der Waals surface area contributed by atoms with Gasteiger partial charge in [-0.2, -0.15) is 0 Å². The number of hydrogen-bond donors (Lipinski definition) is 1. The van der Waals surface area contributed by atoms with Gasteiger partial charge < -0.3 is 14.5 Å². The minimum atomic E-state index is 0.622. The van der Waals surface area contributed by atoms with Crippen LogP contribution >= 0.6 is 15.9 Å². The summed E-state index contributed by atoms with van der Waals surface area (Å²) in [5.41, 5.74) is 0.965. The lowest BCUT2D eigenvalue weighted by molar-refractivity contribution is 0.412. The highest BCUT2D eigenvalue weighted by Gasteiger charge is 2.08. The van der Waals surface area contributed by atoms with Gasteiger partial charge >= 0.3 is 0 Å². The van der Waals surface area contributed by atoms with Crippen molar-refractivity contribution in [3.8, 4) is 17.1 Å². The van der Waals surface area contributed by atoms with Crippen LogP contribution in [0.4, 0.5) is 0 Å². The Hall–Kier alpha value is -1.33. The van der Waals surface area contributed by atoms with E-state index >= 15 is 0 Å². The highest BCUT2D eigenvalue weighted by atomic mass is 79.9. The van der Waals surface area contributed by atoms with Gasteiger partial charge in [-0.1, -0.05) is 0 Å². The van der Waals surface area contributed by atoms with Crippen molar-refractivity contribution >= 4 is 15.9 Å². The first-order valence-electron chi connectivity index (χ1n) is 5.18. The molecule has 90 valence electrons. The standard InChI is InChI=1S/C12H13BrN2O2/c1-14-7-12-15-6-11(17-12)8-3-4-10(16-2)9(13)5-8/h3-6,14H,7H2,1-2H3. The van der Waals surface area contributed by atoms with Crippen LogP contribution in [-0.4, -0.2) is 19.1 Å². The van der Waals surface area contributed by atoms with E-state index in [0.29, 0.717) is 12.4 Å². The second-order valence-electron chi connectivity index (χ2n) is 3.50. The lowest BCUT2D eigenvalue weighted by Crippen LogP contribution is -2.04. The molecular weight excluding hydrogens is 284 g/mol.